The van der Waals surface area contributed by atoms with Crippen LogP contribution in [0.1, 0.15) is 31.0 Å². The van der Waals surface area contributed by atoms with E-state index >= 15 is 0 Å². The number of nitrogens with one attached hydrogen (secondary N) is 1. The molecule has 0 radical (unpaired) electrons. The molecule has 0 aliphatic carbocycles. The second-order valence-corrected chi connectivity index (χ2v) is 6.38. The van der Waals surface area contributed by atoms with Gasteiger partial charge in [0.25, 0.3) is 0 Å². The molecule has 0 amide bonds. The van der Waals surface area contributed by atoms with Crippen molar-refractivity contribution in [2.24, 2.45) is 5.92 Å². The molecule has 0 spiro atoms. The summed E-state index contributed by atoms with van der Waals surface area (Å²) in [5.41, 5.74) is 3.22. The monoisotopic (exact) mass is 342 g/mol. The zero-order valence-electron chi connectivity index (χ0n) is 12.3. The Morgan fingerprint density at radius 2 is 1.76 bits per heavy atom. The van der Waals surface area contributed by atoms with Gasteiger partial charge in [0, 0.05) is 10.2 Å². The standard InChI is InChI=1S/C18H19BrN2/c1-13(2)11-14-7-9-15(10-8-14)18(12-20)21-17-6-4-3-5-16(17)19/h3-10,13,18,21H,11H2,1-2H3. The normalized spacial score (nSPS) is 12.0. The van der Waals surface area contributed by atoms with E-state index in [0.29, 0.717) is 5.92 Å². The van der Waals surface area contributed by atoms with Crippen LogP contribution in [0.3, 0.4) is 0 Å². The van der Waals surface area contributed by atoms with Gasteiger partial charge in [-0.1, -0.05) is 50.2 Å². The lowest BCUT2D eigenvalue weighted by Gasteiger charge is -2.15. The molecule has 1 N–H and O–H groups in total. The molecule has 0 saturated carbocycles. The van der Waals surface area contributed by atoms with Crippen LogP contribution >= 0.6 is 15.9 Å². The third-order valence-corrected chi connectivity index (χ3v) is 3.95. The molecule has 0 fully saturated rings. The molecule has 2 nitrogen and oxygen atoms in total. The largest absolute Gasteiger partial charge is 0.365 e. The van der Waals surface area contributed by atoms with Gasteiger partial charge < -0.3 is 5.32 Å². The quantitative estimate of drug-likeness (QED) is 0.797. The van der Waals surface area contributed by atoms with Gasteiger partial charge >= 0.3 is 0 Å². The van der Waals surface area contributed by atoms with E-state index in [0.717, 1.165) is 22.1 Å². The van der Waals surface area contributed by atoms with E-state index in [4.69, 9.17) is 0 Å². The molecule has 1 atom stereocenters. The van der Waals surface area contributed by atoms with Crippen LogP contribution in [-0.2, 0) is 6.42 Å². The zero-order valence-corrected chi connectivity index (χ0v) is 13.9. The average molecular weight is 343 g/mol. The van der Waals surface area contributed by atoms with Crippen molar-refractivity contribution in [3.8, 4) is 6.07 Å². The van der Waals surface area contributed by atoms with Crippen molar-refractivity contribution in [1.29, 1.82) is 5.26 Å². The van der Waals surface area contributed by atoms with E-state index < -0.39 is 0 Å². The first kappa shape index (κ1) is 15.6. The molecule has 0 saturated heterocycles. The number of hydrogen-bond donors (Lipinski definition) is 1. The molecule has 108 valence electrons. The summed E-state index contributed by atoms with van der Waals surface area (Å²) >= 11 is 3.49. The van der Waals surface area contributed by atoms with Crippen molar-refractivity contribution in [3.05, 3.63) is 64.1 Å². The minimum atomic E-state index is -0.350. The first-order valence-electron chi connectivity index (χ1n) is 7.09. The maximum Gasteiger partial charge on any atom is 0.140 e. The van der Waals surface area contributed by atoms with Gasteiger partial charge in [-0.2, -0.15) is 5.26 Å². The fourth-order valence-electron chi connectivity index (χ4n) is 2.24. The molecule has 2 aromatic carbocycles. The van der Waals surface area contributed by atoms with E-state index in [-0.39, 0.29) is 6.04 Å². The van der Waals surface area contributed by atoms with E-state index in [2.05, 4.69) is 53.3 Å². The van der Waals surface area contributed by atoms with Crippen molar-refractivity contribution in [3.63, 3.8) is 0 Å². The summed E-state index contributed by atoms with van der Waals surface area (Å²) in [6.45, 7) is 4.42. The SMILES string of the molecule is CC(C)Cc1ccc(C(C#N)Nc2ccccc2Br)cc1. The van der Waals surface area contributed by atoms with Gasteiger partial charge in [-0.15, -0.1) is 0 Å². The Morgan fingerprint density at radius 1 is 1.10 bits per heavy atom. The summed E-state index contributed by atoms with van der Waals surface area (Å²) in [4.78, 5) is 0. The van der Waals surface area contributed by atoms with Crippen LogP contribution in [0.15, 0.2) is 53.0 Å². The maximum atomic E-state index is 9.42. The molecule has 0 heterocycles. The van der Waals surface area contributed by atoms with Gasteiger partial charge in [-0.25, -0.2) is 0 Å². The molecule has 21 heavy (non-hydrogen) atoms. The Balaban J connectivity index is 2.15. The molecular weight excluding hydrogens is 324 g/mol. The Labute approximate surface area is 134 Å². The molecule has 3 heteroatoms. The first-order chi connectivity index (χ1) is 10.1. The van der Waals surface area contributed by atoms with E-state index in [1.807, 2.05) is 36.4 Å². The van der Waals surface area contributed by atoms with E-state index in [1.54, 1.807) is 0 Å². The van der Waals surface area contributed by atoms with Gasteiger partial charge in [-0.05, 0) is 51.5 Å². The van der Waals surface area contributed by atoms with Crippen molar-refractivity contribution in [2.75, 3.05) is 5.32 Å². The van der Waals surface area contributed by atoms with Crippen molar-refractivity contribution >= 4 is 21.6 Å². The number of benzene rings is 2. The Kier molecular flexibility index (Phi) is 5.41. The van der Waals surface area contributed by atoms with Crippen LogP contribution < -0.4 is 5.32 Å². The molecule has 0 aromatic heterocycles. The lowest BCUT2D eigenvalue weighted by Crippen LogP contribution is -2.09. The van der Waals surface area contributed by atoms with Gasteiger partial charge in [0.15, 0.2) is 0 Å². The van der Waals surface area contributed by atoms with Crippen LogP contribution in [0.2, 0.25) is 0 Å². The van der Waals surface area contributed by atoms with Crippen LogP contribution in [-0.4, -0.2) is 0 Å². The third-order valence-electron chi connectivity index (χ3n) is 3.26. The number of anilines is 1. The summed E-state index contributed by atoms with van der Waals surface area (Å²) < 4.78 is 0.960. The van der Waals surface area contributed by atoms with E-state index in [1.165, 1.54) is 5.56 Å². The molecule has 0 aliphatic rings. The minimum Gasteiger partial charge on any atom is -0.365 e. The Morgan fingerprint density at radius 3 is 2.33 bits per heavy atom. The predicted molar refractivity (Wildman–Crippen MR) is 91.1 cm³/mol. The number of rotatable bonds is 5. The van der Waals surface area contributed by atoms with Crippen molar-refractivity contribution in [2.45, 2.75) is 26.3 Å². The summed E-state index contributed by atoms with van der Waals surface area (Å²) in [5.74, 6) is 0.640. The number of nitriles is 1. The lowest BCUT2D eigenvalue weighted by atomic mass is 9.99. The highest BCUT2D eigenvalue weighted by atomic mass is 79.9. The smallest absolute Gasteiger partial charge is 0.140 e. The Hall–Kier alpha value is -1.79. The second-order valence-electron chi connectivity index (χ2n) is 5.53. The van der Waals surface area contributed by atoms with Crippen LogP contribution in [0.25, 0.3) is 0 Å². The summed E-state index contributed by atoms with van der Waals surface area (Å²) in [7, 11) is 0. The summed E-state index contributed by atoms with van der Waals surface area (Å²) in [5, 5.41) is 12.7. The summed E-state index contributed by atoms with van der Waals surface area (Å²) in [6.07, 6.45) is 1.06. The number of nitrogens with zero attached hydrogens (tertiary/aromatic N) is 1. The first-order valence-corrected chi connectivity index (χ1v) is 7.89. The van der Waals surface area contributed by atoms with Crippen molar-refractivity contribution < 1.29 is 0 Å². The number of halogens is 1. The molecule has 1 unspecified atom stereocenters. The number of hydrogen-bond acceptors (Lipinski definition) is 2. The Bertz CT molecular complexity index is 626. The van der Waals surface area contributed by atoms with Gasteiger partial charge in [0.05, 0.1) is 6.07 Å². The van der Waals surface area contributed by atoms with Crippen molar-refractivity contribution in [1.82, 2.24) is 0 Å². The van der Waals surface area contributed by atoms with E-state index in [9.17, 15) is 5.26 Å². The maximum absolute atomic E-state index is 9.42. The fourth-order valence-corrected chi connectivity index (χ4v) is 2.64. The molecule has 0 aliphatic heterocycles. The second kappa shape index (κ2) is 7.28. The average Bonchev–Trinajstić information content (AvgIpc) is 2.47. The highest BCUT2D eigenvalue weighted by molar-refractivity contribution is 9.10. The fraction of sp³-hybridized carbons (Fsp3) is 0.278. The predicted octanol–water partition coefficient (Wildman–Crippen LogP) is 5.32. The summed E-state index contributed by atoms with van der Waals surface area (Å²) in [6, 6.07) is 18.1. The molecular formula is C18H19BrN2. The van der Waals surface area contributed by atoms with Crippen LogP contribution in [0.5, 0.6) is 0 Å². The van der Waals surface area contributed by atoms with Gasteiger partial charge in [-0.3, -0.25) is 0 Å². The lowest BCUT2D eigenvalue weighted by molar-refractivity contribution is 0.647. The topological polar surface area (TPSA) is 35.8 Å². The van der Waals surface area contributed by atoms with Crippen LogP contribution in [0.4, 0.5) is 5.69 Å². The minimum absolute atomic E-state index is 0.350. The third kappa shape index (κ3) is 4.34. The zero-order chi connectivity index (χ0) is 15.2. The number of para-hydroxylation sites is 1. The molecule has 2 aromatic rings. The highest BCUT2D eigenvalue weighted by Gasteiger charge is 2.11. The van der Waals surface area contributed by atoms with Gasteiger partial charge in [0.2, 0.25) is 0 Å². The molecule has 2 rings (SSSR count). The van der Waals surface area contributed by atoms with Crippen LogP contribution in [0, 0.1) is 17.2 Å². The van der Waals surface area contributed by atoms with Gasteiger partial charge in [0.1, 0.15) is 6.04 Å². The molecule has 0 bridgehead atoms. The highest BCUT2D eigenvalue weighted by Crippen LogP contribution is 2.26.